The van der Waals surface area contributed by atoms with Gasteiger partial charge in [0.1, 0.15) is 17.3 Å². The molecule has 0 aromatic carbocycles. The van der Waals surface area contributed by atoms with E-state index in [1.165, 1.54) is 0 Å². The number of aromatic nitrogens is 3. The van der Waals surface area contributed by atoms with Gasteiger partial charge >= 0.3 is 6.03 Å². The van der Waals surface area contributed by atoms with Crippen molar-refractivity contribution in [1.82, 2.24) is 25.6 Å². The van der Waals surface area contributed by atoms with E-state index in [-0.39, 0.29) is 29.7 Å². The zero-order valence-electron chi connectivity index (χ0n) is 37.4. The summed E-state index contributed by atoms with van der Waals surface area (Å²) in [6.45, 7) is 11.4. The molecule has 4 N–H and O–H groups in total. The van der Waals surface area contributed by atoms with Gasteiger partial charge in [0.25, 0.3) is 0 Å². The van der Waals surface area contributed by atoms with Crippen molar-refractivity contribution in [3.05, 3.63) is 11.9 Å². The molecule has 2 aliphatic heterocycles. The van der Waals surface area contributed by atoms with Crippen LogP contribution >= 0.6 is 11.8 Å². The lowest BCUT2D eigenvalue weighted by Gasteiger charge is -2.16. The van der Waals surface area contributed by atoms with Crippen molar-refractivity contribution >= 4 is 29.4 Å². The molecule has 0 aliphatic carbocycles. The number of thioether (sulfide) groups is 1. The number of hydrogen-bond acceptors (Lipinski definition) is 18. The molecule has 0 spiro atoms. The highest BCUT2D eigenvalue weighted by atomic mass is 32.2. The zero-order chi connectivity index (χ0) is 44.7. The summed E-state index contributed by atoms with van der Waals surface area (Å²) in [5, 5.41) is 14.7. The van der Waals surface area contributed by atoms with Gasteiger partial charge in [0.2, 0.25) is 0 Å². The molecular formula is C42H76N6O14S. The summed E-state index contributed by atoms with van der Waals surface area (Å²) in [5.41, 5.74) is 6.07. The minimum Gasteiger partial charge on any atom is -0.380 e. The third-order valence-electron chi connectivity index (χ3n) is 9.69. The van der Waals surface area contributed by atoms with E-state index >= 15 is 0 Å². The number of fused-ring (bicyclic) bond motifs is 1. The second kappa shape index (κ2) is 38.8. The fourth-order valence-corrected chi connectivity index (χ4v) is 7.93. The summed E-state index contributed by atoms with van der Waals surface area (Å²) in [6, 6.07) is 0.416. The van der Waals surface area contributed by atoms with E-state index in [1.54, 1.807) is 4.68 Å². The smallest absolute Gasteiger partial charge is 0.315 e. The molecule has 63 heavy (non-hydrogen) atoms. The number of ether oxygens (including phenoxy) is 11. The summed E-state index contributed by atoms with van der Waals surface area (Å²) in [6.07, 6.45) is 8.12. The molecule has 2 aliphatic rings. The maximum atomic E-state index is 12.3. The number of hydrogen-bond donors (Lipinski definition) is 3. The number of amides is 2. The van der Waals surface area contributed by atoms with Gasteiger partial charge in [0.15, 0.2) is 0 Å². The Morgan fingerprint density at radius 3 is 1.63 bits per heavy atom. The van der Waals surface area contributed by atoms with E-state index in [0.29, 0.717) is 202 Å². The van der Waals surface area contributed by atoms with E-state index in [9.17, 15) is 14.4 Å². The number of carbonyl (C=O) groups excluding carboxylic acids is 3. The Morgan fingerprint density at radius 1 is 0.587 bits per heavy atom. The fraction of sp³-hybridized carbons (Fsp3) is 0.881. The lowest BCUT2D eigenvalue weighted by Crippen LogP contribution is -2.36. The Balaban J connectivity index is 0.950. The highest BCUT2D eigenvalue weighted by Gasteiger charge is 2.42. The third kappa shape index (κ3) is 29.7. The molecule has 3 heterocycles. The molecule has 0 bridgehead atoms. The van der Waals surface area contributed by atoms with Gasteiger partial charge in [-0.2, -0.15) is 11.8 Å². The van der Waals surface area contributed by atoms with Crippen molar-refractivity contribution in [1.29, 1.82) is 0 Å². The van der Waals surface area contributed by atoms with Crippen molar-refractivity contribution in [2.24, 2.45) is 5.73 Å². The topological polar surface area (TPSA) is 234 Å². The average Bonchev–Trinajstić information content (AvgIpc) is 4.00. The van der Waals surface area contributed by atoms with Crippen LogP contribution in [0.1, 0.15) is 63.5 Å². The van der Waals surface area contributed by atoms with Gasteiger partial charge in [0.05, 0.1) is 157 Å². The fourth-order valence-electron chi connectivity index (χ4n) is 6.39. The van der Waals surface area contributed by atoms with E-state index in [0.717, 1.165) is 30.7 Å². The normalized spacial score (nSPS) is 17.0. The third-order valence-corrected chi connectivity index (χ3v) is 11.2. The first-order valence-electron chi connectivity index (χ1n) is 22.7. The van der Waals surface area contributed by atoms with Crippen molar-refractivity contribution in [3.8, 4) is 0 Å². The first kappa shape index (κ1) is 55.0. The molecule has 1 aromatic heterocycles. The summed E-state index contributed by atoms with van der Waals surface area (Å²) in [4.78, 5) is 35.8. The number of Topliss-reactive ketones (excluding diaryl/α,β-unsaturated/α-hetero) is 2. The number of carbonyl (C=O) groups is 3. The predicted molar refractivity (Wildman–Crippen MR) is 234 cm³/mol. The van der Waals surface area contributed by atoms with Gasteiger partial charge < -0.3 is 68.5 Å². The van der Waals surface area contributed by atoms with Gasteiger partial charge in [-0.3, -0.25) is 9.59 Å². The van der Waals surface area contributed by atoms with E-state index in [2.05, 4.69) is 20.9 Å². The number of nitrogens with two attached hydrogens (primary N) is 1. The Labute approximate surface area is 377 Å². The van der Waals surface area contributed by atoms with Gasteiger partial charge in [0, 0.05) is 56.4 Å². The van der Waals surface area contributed by atoms with Crippen LogP contribution in [-0.4, -0.2) is 201 Å². The lowest BCUT2D eigenvalue weighted by molar-refractivity contribution is -0.121. The molecule has 2 amide bonds. The molecule has 3 rings (SSSR count). The van der Waals surface area contributed by atoms with Crippen LogP contribution in [0.3, 0.4) is 0 Å². The van der Waals surface area contributed by atoms with Gasteiger partial charge in [-0.25, -0.2) is 9.48 Å². The first-order chi connectivity index (χ1) is 31.0. The second-order valence-corrected chi connectivity index (χ2v) is 16.1. The zero-order valence-corrected chi connectivity index (χ0v) is 38.2. The Bertz CT molecular complexity index is 1290. The lowest BCUT2D eigenvalue weighted by atomic mass is 10.0. The number of nitrogens with zero attached hydrogens (tertiary/aromatic N) is 3. The number of urea groups is 1. The standard InChI is InChI=1S/C42H76N6O14S/c43-10-15-55-19-22-58-25-28-59-26-23-56-20-17-53-13-4-7-38(50)9-14-54-18-21-57-24-27-60-29-30-61-31-32-62-34-36-33-48(47-46-36)11-16-52-12-3-6-37(49)5-1-2-8-40-41-39(35-63-40)44-42(51)45-41/h33,39-41H,1-32,34-35,43H2,(H2,44,45,51)/t39-,40+,41-/m1/s1. The van der Waals surface area contributed by atoms with Crippen molar-refractivity contribution in [2.75, 3.05) is 151 Å². The van der Waals surface area contributed by atoms with Crippen molar-refractivity contribution in [3.63, 3.8) is 0 Å². The summed E-state index contributed by atoms with van der Waals surface area (Å²) in [7, 11) is 0. The maximum Gasteiger partial charge on any atom is 0.315 e. The van der Waals surface area contributed by atoms with Gasteiger partial charge in [-0.15, -0.1) is 5.10 Å². The monoisotopic (exact) mass is 921 g/mol. The predicted octanol–water partition coefficient (Wildman–Crippen LogP) is 1.73. The molecule has 364 valence electrons. The van der Waals surface area contributed by atoms with E-state index < -0.39 is 0 Å². The SMILES string of the molecule is NCCOCCOCCOCCOCCOCCCC(=O)CCOCCOCCOCCOCCOCc1cn(CCOCCCC(=O)CCCC[C@@H]2SC[C@H]3NC(=O)N[C@@H]23)nn1. The van der Waals surface area contributed by atoms with Crippen LogP contribution in [-0.2, 0) is 74.8 Å². The molecule has 0 unspecified atom stereocenters. The highest BCUT2D eigenvalue weighted by molar-refractivity contribution is 8.00. The van der Waals surface area contributed by atoms with Crippen LogP contribution < -0.4 is 16.4 Å². The van der Waals surface area contributed by atoms with Gasteiger partial charge in [-0.1, -0.05) is 11.6 Å². The molecule has 0 saturated carbocycles. The second-order valence-electron chi connectivity index (χ2n) is 14.8. The Kier molecular flexibility index (Phi) is 33.9. The summed E-state index contributed by atoms with van der Waals surface area (Å²) >= 11 is 1.91. The molecule has 2 fully saturated rings. The highest BCUT2D eigenvalue weighted by Crippen LogP contribution is 2.33. The van der Waals surface area contributed by atoms with E-state index in [4.69, 9.17) is 57.8 Å². The van der Waals surface area contributed by atoms with Crippen LogP contribution in [0.2, 0.25) is 0 Å². The van der Waals surface area contributed by atoms with Crippen LogP contribution in [0.4, 0.5) is 4.79 Å². The quantitative estimate of drug-likeness (QED) is 0.0624. The number of rotatable bonds is 47. The van der Waals surface area contributed by atoms with Crippen LogP contribution in [0.25, 0.3) is 0 Å². The van der Waals surface area contributed by atoms with Crippen LogP contribution in [0.5, 0.6) is 0 Å². The molecule has 2 saturated heterocycles. The first-order valence-corrected chi connectivity index (χ1v) is 23.8. The number of ketones is 2. The van der Waals surface area contributed by atoms with Crippen LogP contribution in [0, 0.1) is 0 Å². The van der Waals surface area contributed by atoms with Crippen LogP contribution in [0.15, 0.2) is 6.20 Å². The molecule has 20 nitrogen and oxygen atoms in total. The molecule has 21 heteroatoms. The Morgan fingerprint density at radius 2 is 1.06 bits per heavy atom. The molecule has 0 radical (unpaired) electrons. The summed E-state index contributed by atoms with van der Waals surface area (Å²) < 4.78 is 62.1. The Hall–Kier alpha value is -2.38. The van der Waals surface area contributed by atoms with Gasteiger partial charge in [-0.05, 0) is 25.7 Å². The summed E-state index contributed by atoms with van der Waals surface area (Å²) in [5.74, 6) is 1.40. The minimum atomic E-state index is -0.0573. The number of unbranched alkanes of at least 4 members (excludes halogenated alkanes) is 1. The minimum absolute atomic E-state index is 0.0573. The molecule has 3 atom stereocenters. The molecular weight excluding hydrogens is 845 g/mol. The average molecular weight is 921 g/mol. The van der Waals surface area contributed by atoms with Crippen molar-refractivity contribution < 1.29 is 66.5 Å². The molecule has 1 aromatic rings. The largest absolute Gasteiger partial charge is 0.380 e. The van der Waals surface area contributed by atoms with Crippen molar-refractivity contribution in [2.45, 2.75) is 88.3 Å². The van der Waals surface area contributed by atoms with E-state index in [1.807, 2.05) is 18.0 Å². The number of nitrogens with one attached hydrogen (secondary N) is 2. The maximum absolute atomic E-state index is 12.3.